The minimum atomic E-state index is -1.45. The van der Waals surface area contributed by atoms with Crippen molar-refractivity contribution in [3.63, 3.8) is 0 Å². The van der Waals surface area contributed by atoms with Crippen LogP contribution in [0.2, 0.25) is 0 Å². The normalized spacial score (nSPS) is 26.2. The molecule has 1 aliphatic heterocycles. The van der Waals surface area contributed by atoms with Crippen molar-refractivity contribution in [2.45, 2.75) is 25.6 Å². The Morgan fingerprint density at radius 2 is 2.21 bits per heavy atom. The first-order chi connectivity index (χ1) is 9.11. The molecule has 0 bridgehead atoms. The molecule has 2 N–H and O–H groups in total. The molecule has 0 amide bonds. The highest BCUT2D eigenvalue weighted by Gasteiger charge is 2.32. The van der Waals surface area contributed by atoms with E-state index in [0.717, 1.165) is 5.56 Å². The van der Waals surface area contributed by atoms with Gasteiger partial charge in [-0.25, -0.2) is 9.80 Å². The Morgan fingerprint density at radius 3 is 2.84 bits per heavy atom. The summed E-state index contributed by atoms with van der Waals surface area (Å²) in [6.45, 7) is 1.70. The zero-order valence-corrected chi connectivity index (χ0v) is 11.4. The monoisotopic (exact) mass is 281 g/mol. The molecule has 0 saturated carbocycles. The third kappa shape index (κ3) is 3.33. The Kier molecular flexibility index (Phi) is 4.55. The van der Waals surface area contributed by atoms with E-state index in [2.05, 4.69) is 10.3 Å². The molecule has 1 heterocycles. The average Bonchev–Trinajstić information content (AvgIpc) is 2.80. The first-order valence-corrected chi connectivity index (χ1v) is 7.44. The van der Waals surface area contributed by atoms with Gasteiger partial charge in [-0.05, 0) is 12.5 Å². The van der Waals surface area contributed by atoms with Gasteiger partial charge in [-0.15, -0.1) is 0 Å². The van der Waals surface area contributed by atoms with Crippen molar-refractivity contribution < 1.29 is 8.94 Å². The lowest BCUT2D eigenvalue weighted by Gasteiger charge is -2.10. The minimum Gasteiger partial charge on any atom is -0.609 e. The maximum Gasteiger partial charge on any atom is 0.337 e. The number of rotatable bonds is 2. The number of alkyl halides is 1. The molecule has 0 radical (unpaired) electrons. The van der Waals surface area contributed by atoms with Gasteiger partial charge in [-0.1, -0.05) is 30.3 Å². The molecule has 0 aliphatic carbocycles. The summed E-state index contributed by atoms with van der Waals surface area (Å²) in [6.07, 6.45) is -0.950. The van der Waals surface area contributed by atoms with E-state index in [4.69, 9.17) is 5.41 Å². The van der Waals surface area contributed by atoms with E-state index >= 15 is 0 Å². The predicted octanol–water partition coefficient (Wildman–Crippen LogP) is 2.16. The Morgan fingerprint density at radius 1 is 1.53 bits per heavy atom. The van der Waals surface area contributed by atoms with Crippen molar-refractivity contribution in [1.82, 2.24) is 5.32 Å². The number of hydrogen-bond donors (Lipinski definition) is 2. The number of halogens is 1. The van der Waals surface area contributed by atoms with Crippen LogP contribution in [0.15, 0.2) is 35.3 Å². The molecule has 4 nitrogen and oxygen atoms in total. The maximum absolute atomic E-state index is 13.9. The van der Waals surface area contributed by atoms with Crippen LogP contribution in [-0.4, -0.2) is 27.5 Å². The minimum absolute atomic E-state index is 0.112. The largest absolute Gasteiger partial charge is 0.609 e. The molecule has 6 heteroatoms. The molecular formula is C13H16FN3OS. The lowest BCUT2D eigenvalue weighted by atomic mass is 10.1. The van der Waals surface area contributed by atoms with Crippen molar-refractivity contribution in [3.05, 3.63) is 35.9 Å². The van der Waals surface area contributed by atoms with Crippen molar-refractivity contribution in [2.24, 2.45) is 4.99 Å². The molecule has 1 saturated heterocycles. The van der Waals surface area contributed by atoms with Gasteiger partial charge in [-0.2, -0.15) is 4.99 Å². The van der Waals surface area contributed by atoms with Crippen molar-refractivity contribution in [1.29, 1.82) is 5.41 Å². The van der Waals surface area contributed by atoms with Gasteiger partial charge in [0.1, 0.15) is 11.6 Å². The van der Waals surface area contributed by atoms with Crippen LogP contribution in [0.1, 0.15) is 24.9 Å². The van der Waals surface area contributed by atoms with E-state index in [1.807, 2.05) is 30.3 Å². The van der Waals surface area contributed by atoms with Crippen molar-refractivity contribution in [3.8, 4) is 0 Å². The van der Waals surface area contributed by atoms with Gasteiger partial charge in [0.2, 0.25) is 0 Å². The SMILES string of the molecule is CC[S@+]([O-])C(=N)/N=C1\N[C@H](c2ccccc2)C[C@@H]1F. The Hall–Kier alpha value is -1.40. The Bertz CT molecular complexity index is 480. The quantitative estimate of drug-likeness (QED) is 0.495. The van der Waals surface area contributed by atoms with Crippen LogP contribution in [0, 0.1) is 5.41 Å². The highest BCUT2D eigenvalue weighted by atomic mass is 32.2. The summed E-state index contributed by atoms with van der Waals surface area (Å²) in [5.74, 6) is 0.426. The molecule has 2 rings (SSSR count). The molecule has 1 fully saturated rings. The molecule has 1 aliphatic rings. The fourth-order valence-corrected chi connectivity index (χ4v) is 2.42. The predicted molar refractivity (Wildman–Crippen MR) is 75.7 cm³/mol. The van der Waals surface area contributed by atoms with E-state index in [0.29, 0.717) is 5.75 Å². The van der Waals surface area contributed by atoms with Gasteiger partial charge in [-0.3, -0.25) is 0 Å². The lowest BCUT2D eigenvalue weighted by molar-refractivity contribution is 0.406. The summed E-state index contributed by atoms with van der Waals surface area (Å²) in [6, 6.07) is 9.39. The molecule has 0 unspecified atom stereocenters. The van der Waals surface area contributed by atoms with E-state index < -0.39 is 17.3 Å². The van der Waals surface area contributed by atoms with E-state index in [-0.39, 0.29) is 23.5 Å². The summed E-state index contributed by atoms with van der Waals surface area (Å²) in [7, 11) is 0. The standard InChI is InChI=1S/C13H16FN3OS/c1-2-19(18)13(15)17-12-10(14)8-11(16-12)9-6-4-3-5-7-9/h3-7,10-11H,2,8H2,1H3,(H2,15,16,17)/t10-,11-,19-/m0/s1. The van der Waals surface area contributed by atoms with Crippen molar-refractivity contribution >= 4 is 22.2 Å². The maximum atomic E-state index is 13.9. The van der Waals surface area contributed by atoms with Gasteiger partial charge >= 0.3 is 5.17 Å². The number of nitrogens with zero attached hydrogens (tertiary/aromatic N) is 1. The Labute approximate surface area is 114 Å². The summed E-state index contributed by atoms with van der Waals surface area (Å²) in [4.78, 5) is 3.82. The number of nitrogens with one attached hydrogen (secondary N) is 2. The van der Waals surface area contributed by atoms with Gasteiger partial charge in [0.25, 0.3) is 0 Å². The van der Waals surface area contributed by atoms with Crippen molar-refractivity contribution in [2.75, 3.05) is 5.75 Å². The first kappa shape index (κ1) is 14.0. The van der Waals surface area contributed by atoms with E-state index in [1.54, 1.807) is 6.92 Å². The number of benzene rings is 1. The van der Waals surface area contributed by atoms with Gasteiger partial charge in [0.15, 0.2) is 6.17 Å². The molecule has 0 spiro atoms. The van der Waals surface area contributed by atoms with E-state index in [1.165, 1.54) is 0 Å². The number of hydrogen-bond acceptors (Lipinski definition) is 2. The fraction of sp³-hybridized carbons (Fsp3) is 0.385. The Balaban J connectivity index is 2.10. The third-order valence-corrected chi connectivity index (χ3v) is 4.01. The van der Waals surface area contributed by atoms with Crippen LogP contribution >= 0.6 is 0 Å². The number of aliphatic imine (C=N–C) groups is 1. The second-order valence-electron chi connectivity index (χ2n) is 4.25. The molecule has 1 aromatic rings. The number of amidine groups is 2. The van der Waals surface area contributed by atoms with Crippen LogP contribution in [0.5, 0.6) is 0 Å². The summed E-state index contributed by atoms with van der Waals surface area (Å²) >= 11 is -1.45. The van der Waals surface area contributed by atoms with Crippen LogP contribution in [0.4, 0.5) is 4.39 Å². The second kappa shape index (κ2) is 6.16. The summed E-state index contributed by atoms with van der Waals surface area (Å²) in [5, 5.41) is 10.2. The zero-order valence-electron chi connectivity index (χ0n) is 10.6. The molecule has 3 atom stereocenters. The fourth-order valence-electron chi connectivity index (χ4n) is 1.95. The average molecular weight is 281 g/mol. The van der Waals surface area contributed by atoms with Crippen LogP contribution < -0.4 is 5.32 Å². The second-order valence-corrected chi connectivity index (χ2v) is 5.90. The highest BCUT2D eigenvalue weighted by Crippen LogP contribution is 2.26. The molecule has 0 aromatic heterocycles. The van der Waals surface area contributed by atoms with Crippen LogP contribution in [0.25, 0.3) is 0 Å². The topological polar surface area (TPSA) is 71.3 Å². The summed E-state index contributed by atoms with van der Waals surface area (Å²) < 4.78 is 25.2. The highest BCUT2D eigenvalue weighted by molar-refractivity contribution is 8.06. The van der Waals surface area contributed by atoms with E-state index in [9.17, 15) is 8.94 Å². The van der Waals surface area contributed by atoms with Gasteiger partial charge in [0, 0.05) is 17.6 Å². The zero-order chi connectivity index (χ0) is 13.8. The smallest absolute Gasteiger partial charge is 0.337 e. The third-order valence-electron chi connectivity index (χ3n) is 2.96. The first-order valence-electron chi connectivity index (χ1n) is 6.13. The van der Waals surface area contributed by atoms with Crippen LogP contribution in [0.3, 0.4) is 0 Å². The lowest BCUT2D eigenvalue weighted by Crippen LogP contribution is -2.26. The molecule has 19 heavy (non-hydrogen) atoms. The van der Waals surface area contributed by atoms with Crippen LogP contribution in [-0.2, 0) is 11.2 Å². The van der Waals surface area contributed by atoms with Gasteiger partial charge in [0.05, 0.1) is 6.04 Å². The molecular weight excluding hydrogens is 265 g/mol. The van der Waals surface area contributed by atoms with Gasteiger partial charge < -0.3 is 9.87 Å². The molecule has 1 aromatic carbocycles. The summed E-state index contributed by atoms with van der Waals surface area (Å²) in [5.41, 5.74) is 0.985. The molecule has 102 valence electrons.